The van der Waals surface area contributed by atoms with Crippen LogP contribution in [0.25, 0.3) is 0 Å². The van der Waals surface area contributed by atoms with Crippen LogP contribution in [0.2, 0.25) is 0 Å². The Bertz CT molecular complexity index is 882. The molecule has 0 aromatic carbocycles. The van der Waals surface area contributed by atoms with E-state index in [0.29, 0.717) is 19.3 Å². The average molecular weight is 492 g/mol. The highest BCUT2D eigenvalue weighted by Gasteiger charge is 2.66. The summed E-state index contributed by atoms with van der Waals surface area (Å²) < 4.78 is 103. The highest BCUT2D eigenvalue weighted by molar-refractivity contribution is 7.86. The maximum Gasteiger partial charge on any atom is 0.432 e. The number of ether oxygens (including phenoxy) is 2. The van der Waals surface area contributed by atoms with Gasteiger partial charge in [-0.15, -0.1) is 0 Å². The first-order valence-electron chi connectivity index (χ1n) is 9.89. The van der Waals surface area contributed by atoms with Crippen LogP contribution in [0.5, 0.6) is 0 Å². The van der Waals surface area contributed by atoms with Gasteiger partial charge in [-0.3, -0.25) is 18.9 Å². The Morgan fingerprint density at radius 2 is 1.66 bits per heavy atom. The summed E-state index contributed by atoms with van der Waals surface area (Å²) in [5.74, 6) is -2.35. The van der Waals surface area contributed by atoms with Gasteiger partial charge in [0.05, 0.1) is 12.0 Å². The number of alkyl halides is 5. The van der Waals surface area contributed by atoms with Gasteiger partial charge in [-0.25, -0.2) is 0 Å². The van der Waals surface area contributed by atoms with Gasteiger partial charge in [0.1, 0.15) is 5.78 Å². The number of carbonyl (C=O) groups excluding carboxylic acids is 3. The van der Waals surface area contributed by atoms with Crippen molar-refractivity contribution in [3.63, 3.8) is 0 Å². The molecule has 0 aliphatic heterocycles. The number of rotatable bonds is 8. The summed E-state index contributed by atoms with van der Waals surface area (Å²) in [6.45, 7) is -0.408. The summed E-state index contributed by atoms with van der Waals surface area (Å²) in [4.78, 5) is 36.3. The third kappa shape index (κ3) is 4.61. The van der Waals surface area contributed by atoms with E-state index in [1.165, 1.54) is 0 Å². The van der Waals surface area contributed by atoms with E-state index in [1.807, 2.05) is 0 Å². The highest BCUT2D eigenvalue weighted by atomic mass is 32.2. The van der Waals surface area contributed by atoms with E-state index in [0.717, 1.165) is 12.8 Å². The van der Waals surface area contributed by atoms with Gasteiger partial charge in [0, 0.05) is 18.3 Å². The SMILES string of the molecule is O=C(CCCOC(=O)C12CC3CC(C1)C(=O)C(C3)C2)OC(C(F)(F)F)C(F)(F)S(=O)(=O)O. The van der Waals surface area contributed by atoms with Gasteiger partial charge < -0.3 is 9.47 Å². The van der Waals surface area contributed by atoms with Gasteiger partial charge in [-0.05, 0) is 44.4 Å². The van der Waals surface area contributed by atoms with Crippen LogP contribution in [0, 0.1) is 23.2 Å². The zero-order valence-electron chi connectivity index (χ0n) is 16.6. The first-order chi connectivity index (χ1) is 14.6. The average Bonchev–Trinajstić information content (AvgIpc) is 2.64. The zero-order chi connectivity index (χ0) is 24.1. The third-order valence-electron chi connectivity index (χ3n) is 6.38. The molecule has 1 N–H and O–H groups in total. The lowest BCUT2D eigenvalue weighted by atomic mass is 9.49. The van der Waals surface area contributed by atoms with Gasteiger partial charge in [0.15, 0.2) is 0 Å². The van der Waals surface area contributed by atoms with Crippen LogP contribution in [0.4, 0.5) is 22.0 Å². The van der Waals surface area contributed by atoms with E-state index in [1.54, 1.807) is 0 Å². The van der Waals surface area contributed by atoms with Gasteiger partial charge in [-0.2, -0.15) is 30.4 Å². The van der Waals surface area contributed by atoms with E-state index < -0.39 is 58.0 Å². The van der Waals surface area contributed by atoms with Crippen molar-refractivity contribution in [2.75, 3.05) is 6.61 Å². The monoisotopic (exact) mass is 492 g/mol. The summed E-state index contributed by atoms with van der Waals surface area (Å²) in [6, 6.07) is 0. The number of hydrogen-bond donors (Lipinski definition) is 1. The first kappa shape index (κ1) is 24.8. The predicted octanol–water partition coefficient (Wildman–Crippen LogP) is 2.66. The number of esters is 2. The maximum absolute atomic E-state index is 13.4. The van der Waals surface area contributed by atoms with E-state index in [2.05, 4.69) is 4.74 Å². The summed E-state index contributed by atoms with van der Waals surface area (Å²) in [7, 11) is -6.52. The number of carbonyl (C=O) groups is 3. The fraction of sp³-hybridized carbons (Fsp3) is 0.833. The molecule has 4 aliphatic rings. The second kappa shape index (κ2) is 8.19. The molecule has 4 saturated carbocycles. The van der Waals surface area contributed by atoms with Crippen molar-refractivity contribution >= 4 is 27.8 Å². The molecule has 3 atom stereocenters. The molecule has 8 nitrogen and oxygen atoms in total. The Balaban J connectivity index is 1.51. The van der Waals surface area contributed by atoms with Crippen molar-refractivity contribution in [3.05, 3.63) is 0 Å². The molecule has 4 fully saturated rings. The Hall–Kier alpha value is -1.83. The van der Waals surface area contributed by atoms with Crippen LogP contribution in [-0.4, -0.2) is 54.8 Å². The molecular formula is C18H21F5O8S. The quantitative estimate of drug-likeness (QED) is 0.237. The summed E-state index contributed by atoms with van der Waals surface area (Å²) >= 11 is 0. The van der Waals surface area contributed by atoms with E-state index in [-0.39, 0.29) is 30.0 Å². The number of ketones is 1. The minimum Gasteiger partial charge on any atom is -0.465 e. The first-order valence-corrected chi connectivity index (χ1v) is 11.3. The molecule has 3 unspecified atom stereocenters. The van der Waals surface area contributed by atoms with Crippen LogP contribution in [-0.2, 0) is 34.0 Å². The minimum absolute atomic E-state index is 0.160. The van der Waals surface area contributed by atoms with Crippen molar-refractivity contribution in [1.29, 1.82) is 0 Å². The van der Waals surface area contributed by atoms with Crippen LogP contribution < -0.4 is 0 Å². The lowest BCUT2D eigenvalue weighted by Crippen LogP contribution is -2.54. The van der Waals surface area contributed by atoms with E-state index in [9.17, 15) is 44.8 Å². The second-order valence-electron chi connectivity index (χ2n) is 8.71. The van der Waals surface area contributed by atoms with E-state index in [4.69, 9.17) is 9.29 Å². The Labute approximate surface area is 179 Å². The lowest BCUT2D eigenvalue weighted by molar-refractivity contribution is -0.259. The van der Waals surface area contributed by atoms with Crippen molar-refractivity contribution in [2.24, 2.45) is 23.2 Å². The fourth-order valence-electron chi connectivity index (χ4n) is 5.18. The molecule has 4 aliphatic carbocycles. The molecule has 0 spiro atoms. The molecule has 0 amide bonds. The van der Waals surface area contributed by atoms with Crippen molar-refractivity contribution < 1.29 is 58.8 Å². The molecule has 32 heavy (non-hydrogen) atoms. The van der Waals surface area contributed by atoms with Gasteiger partial charge in [0.2, 0.25) is 0 Å². The molecule has 0 radical (unpaired) electrons. The van der Waals surface area contributed by atoms with Crippen molar-refractivity contribution in [1.82, 2.24) is 0 Å². The fourth-order valence-corrected chi connectivity index (χ4v) is 5.64. The normalized spacial score (nSPS) is 30.8. The Kier molecular flexibility index (Phi) is 6.35. The predicted molar refractivity (Wildman–Crippen MR) is 93.6 cm³/mol. The smallest absolute Gasteiger partial charge is 0.432 e. The van der Waals surface area contributed by atoms with Crippen LogP contribution in [0.3, 0.4) is 0 Å². The molecule has 4 rings (SSSR count). The lowest BCUT2D eigenvalue weighted by Gasteiger charge is -2.53. The Morgan fingerprint density at radius 3 is 2.16 bits per heavy atom. The van der Waals surface area contributed by atoms with Gasteiger partial charge in [-0.1, -0.05) is 0 Å². The number of Topliss-reactive ketones (excluding diaryl/α,β-unsaturated/α-hetero) is 1. The topological polar surface area (TPSA) is 124 Å². The van der Waals surface area contributed by atoms with Crippen LogP contribution >= 0.6 is 0 Å². The zero-order valence-corrected chi connectivity index (χ0v) is 17.4. The molecule has 4 bridgehead atoms. The van der Waals surface area contributed by atoms with Gasteiger partial charge >= 0.3 is 33.5 Å². The molecule has 0 saturated heterocycles. The summed E-state index contributed by atoms with van der Waals surface area (Å²) in [5.41, 5.74) is -0.802. The molecule has 14 heteroatoms. The molecule has 0 aromatic rings. The highest BCUT2D eigenvalue weighted by Crippen LogP contribution is 2.59. The number of hydrogen-bond acceptors (Lipinski definition) is 7. The van der Waals surface area contributed by atoms with Crippen LogP contribution in [0.15, 0.2) is 0 Å². The third-order valence-corrected chi connectivity index (χ3v) is 7.28. The van der Waals surface area contributed by atoms with Crippen molar-refractivity contribution in [2.45, 2.75) is 62.5 Å². The molecule has 0 aromatic heterocycles. The van der Waals surface area contributed by atoms with Crippen LogP contribution in [0.1, 0.15) is 44.9 Å². The van der Waals surface area contributed by atoms with Crippen molar-refractivity contribution in [3.8, 4) is 0 Å². The minimum atomic E-state index is -6.52. The second-order valence-corrected chi connectivity index (χ2v) is 10.2. The summed E-state index contributed by atoms with van der Waals surface area (Å²) in [6.07, 6.45) is -8.81. The maximum atomic E-state index is 13.4. The van der Waals surface area contributed by atoms with E-state index >= 15 is 0 Å². The van der Waals surface area contributed by atoms with Gasteiger partial charge in [0.25, 0.3) is 6.10 Å². The molecular weight excluding hydrogens is 471 g/mol. The Morgan fingerprint density at radius 1 is 1.09 bits per heavy atom. The standard InChI is InChI=1S/C18H21F5O8S/c19-17(20,21)14(18(22,23)32(27,28)29)31-12(24)2-1-3-30-15(26)16-6-9-4-10(7-16)13(25)11(5-9)8-16/h9-11,14H,1-8H2,(H,27,28,29). The molecule has 0 heterocycles. The largest absolute Gasteiger partial charge is 0.465 e. The molecule has 182 valence electrons. The number of halogens is 5. The summed E-state index contributed by atoms with van der Waals surface area (Å²) in [5, 5.41) is -5.80.